The molecule has 0 radical (unpaired) electrons. The summed E-state index contributed by atoms with van der Waals surface area (Å²) in [6.45, 7) is 7.30. The summed E-state index contributed by atoms with van der Waals surface area (Å²) in [5.41, 5.74) is 0. The molecule has 2 atom stereocenters. The smallest absolute Gasteiger partial charge is 0.395 e. The van der Waals surface area contributed by atoms with Crippen molar-refractivity contribution in [3.05, 3.63) is 25.3 Å². The van der Waals surface area contributed by atoms with Crippen LogP contribution in [0, 0.1) is 0 Å². The van der Waals surface area contributed by atoms with E-state index in [1.54, 1.807) is 0 Å². The standard InChI is InChI=1S/C6H9F2O4P.C4H11NO2/c1-3-5(7)11-13(9,10)12-6(8)4-2;6-3-1-5-2-4-7/h3-6H,1-2H2,(H,9,10);5-7H,1-4H2. The van der Waals surface area contributed by atoms with Gasteiger partial charge in [0.25, 0.3) is 0 Å². The molecule has 2 unspecified atom stereocenters. The molecule has 10 heteroatoms. The van der Waals surface area contributed by atoms with Crippen LogP contribution in [0.3, 0.4) is 0 Å². The predicted molar refractivity (Wildman–Crippen MR) is 69.2 cm³/mol. The van der Waals surface area contributed by atoms with Crippen molar-refractivity contribution in [1.82, 2.24) is 5.32 Å². The number of nitrogens with one attached hydrogen (secondary N) is 1. The molecular weight excluding hydrogens is 299 g/mol. The van der Waals surface area contributed by atoms with Crippen molar-refractivity contribution in [2.24, 2.45) is 0 Å². The summed E-state index contributed by atoms with van der Waals surface area (Å²) in [6, 6.07) is 0. The highest BCUT2D eigenvalue weighted by atomic mass is 31.2. The normalized spacial score (nSPS) is 16.2. The van der Waals surface area contributed by atoms with Crippen LogP contribution in [0.25, 0.3) is 0 Å². The molecule has 4 N–H and O–H groups in total. The minimum absolute atomic E-state index is 0.139. The van der Waals surface area contributed by atoms with Gasteiger partial charge in [0.1, 0.15) is 0 Å². The minimum Gasteiger partial charge on any atom is -0.395 e. The van der Waals surface area contributed by atoms with Gasteiger partial charge in [-0.05, 0) is 12.2 Å². The van der Waals surface area contributed by atoms with E-state index in [0.717, 1.165) is 0 Å². The third-order valence-corrected chi connectivity index (χ3v) is 2.35. The number of alkyl halides is 2. The number of halogens is 2. The molecule has 0 saturated carbocycles. The number of aliphatic hydroxyl groups excluding tert-OH is 2. The van der Waals surface area contributed by atoms with E-state index in [4.69, 9.17) is 15.1 Å². The van der Waals surface area contributed by atoms with Crippen LogP contribution in [0.5, 0.6) is 0 Å². The van der Waals surface area contributed by atoms with Gasteiger partial charge in [0, 0.05) is 13.1 Å². The van der Waals surface area contributed by atoms with Gasteiger partial charge in [0.05, 0.1) is 13.2 Å². The molecule has 0 saturated heterocycles. The van der Waals surface area contributed by atoms with E-state index in [1.807, 2.05) is 0 Å². The molecule has 0 rings (SSSR count). The predicted octanol–water partition coefficient (Wildman–Crippen LogP) is 0.644. The first-order chi connectivity index (χ1) is 9.32. The average molecular weight is 319 g/mol. The maximum Gasteiger partial charge on any atom is 0.477 e. The molecule has 0 aromatic rings. The van der Waals surface area contributed by atoms with E-state index in [0.29, 0.717) is 25.2 Å². The summed E-state index contributed by atoms with van der Waals surface area (Å²) in [5, 5.41) is 19.1. The Kier molecular flexibility index (Phi) is 14.4. The van der Waals surface area contributed by atoms with Crippen LogP contribution in [-0.2, 0) is 13.6 Å². The zero-order chi connectivity index (χ0) is 16.0. The Hall–Kier alpha value is -0.670. The molecule has 0 aromatic heterocycles. The van der Waals surface area contributed by atoms with E-state index in [1.165, 1.54) is 0 Å². The molecule has 0 aliphatic rings. The molecule has 0 heterocycles. The molecule has 0 spiro atoms. The summed E-state index contributed by atoms with van der Waals surface area (Å²) in [6.07, 6.45) is -3.14. The average Bonchev–Trinajstić information content (AvgIpc) is 2.38. The van der Waals surface area contributed by atoms with Crippen molar-refractivity contribution < 1.29 is 37.5 Å². The molecule has 0 fully saturated rings. The lowest BCUT2D eigenvalue weighted by Crippen LogP contribution is -2.21. The van der Waals surface area contributed by atoms with Crippen molar-refractivity contribution in [3.63, 3.8) is 0 Å². The molecule has 0 aliphatic carbocycles. The Labute approximate surface area is 116 Å². The second-order valence-electron chi connectivity index (χ2n) is 3.05. The third-order valence-electron chi connectivity index (χ3n) is 1.42. The maximum atomic E-state index is 12.3. The number of phosphoric ester groups is 1. The molecule has 0 amide bonds. The number of phosphoric acid groups is 1. The van der Waals surface area contributed by atoms with Crippen LogP contribution in [0.15, 0.2) is 25.3 Å². The number of aliphatic hydroxyl groups is 2. The Morgan fingerprint density at radius 1 is 1.10 bits per heavy atom. The lowest BCUT2D eigenvalue weighted by molar-refractivity contribution is 0.0167. The fourth-order valence-corrected chi connectivity index (χ4v) is 1.38. The Balaban J connectivity index is 0. The van der Waals surface area contributed by atoms with Crippen LogP contribution in [-0.4, -0.2) is 54.1 Å². The van der Waals surface area contributed by atoms with E-state index in [2.05, 4.69) is 27.5 Å². The maximum absolute atomic E-state index is 12.3. The molecule has 0 aromatic carbocycles. The summed E-state index contributed by atoms with van der Waals surface area (Å²) in [4.78, 5) is 8.65. The van der Waals surface area contributed by atoms with E-state index >= 15 is 0 Å². The van der Waals surface area contributed by atoms with Gasteiger partial charge >= 0.3 is 7.82 Å². The highest BCUT2D eigenvalue weighted by Crippen LogP contribution is 2.46. The van der Waals surface area contributed by atoms with Gasteiger partial charge < -0.3 is 20.4 Å². The second kappa shape index (κ2) is 13.3. The van der Waals surface area contributed by atoms with Gasteiger partial charge in [0.2, 0.25) is 12.7 Å². The monoisotopic (exact) mass is 319 g/mol. The Morgan fingerprint density at radius 3 is 1.70 bits per heavy atom. The van der Waals surface area contributed by atoms with Crippen LogP contribution >= 0.6 is 7.82 Å². The summed E-state index contributed by atoms with van der Waals surface area (Å²) in [5.74, 6) is 0. The van der Waals surface area contributed by atoms with Crippen LogP contribution in [0.1, 0.15) is 0 Å². The second-order valence-corrected chi connectivity index (χ2v) is 4.41. The molecule has 0 bridgehead atoms. The Morgan fingerprint density at radius 2 is 1.45 bits per heavy atom. The zero-order valence-corrected chi connectivity index (χ0v) is 11.7. The quantitative estimate of drug-likeness (QED) is 0.266. The van der Waals surface area contributed by atoms with Gasteiger partial charge in [-0.25, -0.2) is 22.4 Å². The van der Waals surface area contributed by atoms with Gasteiger partial charge in [-0.3, -0.25) is 0 Å². The fourth-order valence-electron chi connectivity index (χ4n) is 0.649. The van der Waals surface area contributed by atoms with Crippen molar-refractivity contribution in [3.8, 4) is 0 Å². The van der Waals surface area contributed by atoms with Crippen LogP contribution in [0.2, 0.25) is 0 Å². The van der Waals surface area contributed by atoms with Gasteiger partial charge in [-0.2, -0.15) is 0 Å². The zero-order valence-electron chi connectivity index (χ0n) is 10.8. The third kappa shape index (κ3) is 15.4. The first-order valence-electron chi connectivity index (χ1n) is 5.48. The highest BCUT2D eigenvalue weighted by Gasteiger charge is 2.28. The van der Waals surface area contributed by atoms with Gasteiger partial charge in [-0.15, -0.1) is 0 Å². The lowest BCUT2D eigenvalue weighted by Gasteiger charge is -2.13. The van der Waals surface area contributed by atoms with Crippen molar-refractivity contribution in [2.45, 2.75) is 12.7 Å². The van der Waals surface area contributed by atoms with Crippen molar-refractivity contribution in [2.75, 3.05) is 26.3 Å². The summed E-state index contributed by atoms with van der Waals surface area (Å²) >= 11 is 0. The van der Waals surface area contributed by atoms with Gasteiger partial charge in [-0.1, -0.05) is 13.2 Å². The number of hydrogen-bond donors (Lipinski definition) is 4. The van der Waals surface area contributed by atoms with Crippen molar-refractivity contribution in [1.29, 1.82) is 0 Å². The fraction of sp³-hybridized carbons (Fsp3) is 0.600. The van der Waals surface area contributed by atoms with E-state index < -0.39 is 20.5 Å². The summed E-state index contributed by atoms with van der Waals surface area (Å²) < 4.78 is 42.8. The summed E-state index contributed by atoms with van der Waals surface area (Å²) in [7, 11) is -4.73. The minimum atomic E-state index is -4.73. The van der Waals surface area contributed by atoms with E-state index in [9.17, 15) is 13.3 Å². The SMILES string of the molecule is C=CC(F)OP(=O)(O)OC(F)C=C.OCCNCCO. The molecule has 120 valence electrons. The highest BCUT2D eigenvalue weighted by molar-refractivity contribution is 7.47. The molecular formula is C10H20F2NO6P. The van der Waals surface area contributed by atoms with Crippen LogP contribution < -0.4 is 5.32 Å². The number of rotatable bonds is 10. The Bertz CT molecular complexity index is 283. The lowest BCUT2D eigenvalue weighted by atomic mass is 10.6. The van der Waals surface area contributed by atoms with Crippen LogP contribution in [0.4, 0.5) is 8.78 Å². The molecule has 20 heavy (non-hydrogen) atoms. The largest absolute Gasteiger partial charge is 0.477 e. The molecule has 7 nitrogen and oxygen atoms in total. The first kappa shape index (κ1) is 21.6. The number of hydrogen-bond acceptors (Lipinski definition) is 6. The first-order valence-corrected chi connectivity index (χ1v) is 6.97. The van der Waals surface area contributed by atoms with Gasteiger partial charge in [0.15, 0.2) is 0 Å². The molecule has 0 aliphatic heterocycles. The topological polar surface area (TPSA) is 108 Å². The van der Waals surface area contributed by atoms with E-state index in [-0.39, 0.29) is 13.2 Å². The van der Waals surface area contributed by atoms with Crippen molar-refractivity contribution >= 4 is 7.82 Å².